The standard InChI is InChI=1S/C28H36ClF3N2O5S/c1-5-34(26(35)27(2,3)4)25-22(29)16-19(18-33-25)23(12-9-15-39-24-13-6-7-14-38-24)40(36,37)21-11-8-10-20(17-21)28(30,31)32/h8,10-11,16-18,23-24H,5-7,9,12-15H2,1-4H3. The fourth-order valence-electron chi connectivity index (χ4n) is 4.46. The molecule has 0 aliphatic carbocycles. The van der Waals surface area contributed by atoms with E-state index >= 15 is 0 Å². The van der Waals surface area contributed by atoms with Crippen molar-refractivity contribution in [3.8, 4) is 0 Å². The molecule has 0 bridgehead atoms. The van der Waals surface area contributed by atoms with Crippen LogP contribution in [-0.2, 0) is 30.3 Å². The van der Waals surface area contributed by atoms with E-state index in [0.717, 1.165) is 37.5 Å². The Hall–Kier alpha value is -2.21. The fourth-order valence-corrected chi connectivity index (χ4v) is 6.58. The first-order valence-electron chi connectivity index (χ1n) is 13.3. The number of pyridine rings is 1. The molecule has 0 spiro atoms. The van der Waals surface area contributed by atoms with Gasteiger partial charge in [0.2, 0.25) is 5.91 Å². The van der Waals surface area contributed by atoms with Gasteiger partial charge in [-0.1, -0.05) is 38.4 Å². The second-order valence-corrected chi connectivity index (χ2v) is 13.3. The Balaban J connectivity index is 1.95. The van der Waals surface area contributed by atoms with E-state index in [9.17, 15) is 26.4 Å². The van der Waals surface area contributed by atoms with Gasteiger partial charge in [-0.2, -0.15) is 13.2 Å². The molecule has 222 valence electrons. The van der Waals surface area contributed by atoms with E-state index in [2.05, 4.69) is 4.98 Å². The summed E-state index contributed by atoms with van der Waals surface area (Å²) >= 11 is 6.54. The van der Waals surface area contributed by atoms with Crippen LogP contribution in [0.15, 0.2) is 41.4 Å². The maximum Gasteiger partial charge on any atom is 0.416 e. The third-order valence-electron chi connectivity index (χ3n) is 6.59. The summed E-state index contributed by atoms with van der Waals surface area (Å²) in [5.41, 5.74) is -1.56. The predicted octanol–water partition coefficient (Wildman–Crippen LogP) is 6.99. The minimum atomic E-state index is -4.70. The van der Waals surface area contributed by atoms with Crippen molar-refractivity contribution in [3.05, 3.63) is 52.7 Å². The van der Waals surface area contributed by atoms with Crippen molar-refractivity contribution in [2.75, 3.05) is 24.7 Å². The lowest BCUT2D eigenvalue weighted by molar-refractivity contribution is -0.162. The topological polar surface area (TPSA) is 85.8 Å². The van der Waals surface area contributed by atoms with Gasteiger partial charge in [-0.25, -0.2) is 13.4 Å². The number of anilines is 1. The first-order chi connectivity index (χ1) is 18.7. The van der Waals surface area contributed by atoms with E-state index in [1.165, 1.54) is 17.2 Å². The van der Waals surface area contributed by atoms with Gasteiger partial charge >= 0.3 is 6.18 Å². The van der Waals surface area contributed by atoms with E-state index in [-0.39, 0.29) is 48.2 Å². The predicted molar refractivity (Wildman–Crippen MR) is 147 cm³/mol. The molecule has 1 aromatic carbocycles. The van der Waals surface area contributed by atoms with E-state index in [0.29, 0.717) is 19.1 Å². The molecule has 0 saturated carbocycles. The van der Waals surface area contributed by atoms with E-state index in [1.54, 1.807) is 27.7 Å². The molecule has 7 nitrogen and oxygen atoms in total. The van der Waals surface area contributed by atoms with Crippen LogP contribution in [0.2, 0.25) is 5.02 Å². The molecule has 2 atom stereocenters. The third kappa shape index (κ3) is 7.96. The molecular formula is C28H36ClF3N2O5S. The van der Waals surface area contributed by atoms with Gasteiger partial charge in [-0.15, -0.1) is 0 Å². The zero-order valence-electron chi connectivity index (χ0n) is 23.1. The Morgan fingerprint density at radius 2 is 1.95 bits per heavy atom. The highest BCUT2D eigenvalue weighted by Crippen LogP contribution is 2.38. The molecule has 1 amide bonds. The van der Waals surface area contributed by atoms with Gasteiger partial charge in [-0.3, -0.25) is 9.69 Å². The number of carbonyl (C=O) groups is 1. The molecule has 1 aliphatic heterocycles. The number of halogens is 4. The van der Waals surface area contributed by atoms with E-state index in [1.807, 2.05) is 0 Å². The first-order valence-corrected chi connectivity index (χ1v) is 15.2. The van der Waals surface area contributed by atoms with Gasteiger partial charge in [0.15, 0.2) is 21.9 Å². The SMILES string of the molecule is CCN(C(=O)C(C)(C)C)c1ncc(C(CCCOC2CCCCO2)S(=O)(=O)c2cccc(C(F)(F)F)c2)cc1Cl. The minimum Gasteiger partial charge on any atom is -0.353 e. The van der Waals surface area contributed by atoms with Crippen LogP contribution >= 0.6 is 11.6 Å². The van der Waals surface area contributed by atoms with Crippen LogP contribution in [0, 0.1) is 5.41 Å². The van der Waals surface area contributed by atoms with Gasteiger partial charge in [0.25, 0.3) is 0 Å². The minimum absolute atomic E-state index is 0.0427. The summed E-state index contributed by atoms with van der Waals surface area (Å²) in [4.78, 5) is 18.3. The summed E-state index contributed by atoms with van der Waals surface area (Å²) in [5, 5.41) is -1.19. The number of nitrogens with zero attached hydrogens (tertiary/aromatic N) is 2. The Morgan fingerprint density at radius 3 is 2.52 bits per heavy atom. The highest BCUT2D eigenvalue weighted by atomic mass is 35.5. The van der Waals surface area contributed by atoms with Crippen LogP contribution in [-0.4, -0.2) is 45.4 Å². The van der Waals surface area contributed by atoms with Crippen molar-refractivity contribution in [2.45, 2.75) is 82.4 Å². The van der Waals surface area contributed by atoms with E-state index in [4.69, 9.17) is 21.1 Å². The zero-order valence-corrected chi connectivity index (χ0v) is 24.7. The molecule has 12 heteroatoms. The number of benzene rings is 1. The van der Waals surface area contributed by atoms with Gasteiger partial charge in [0.05, 0.1) is 20.7 Å². The fraction of sp³-hybridized carbons (Fsp3) is 0.571. The van der Waals surface area contributed by atoms with Gasteiger partial charge in [-0.05, 0) is 68.9 Å². The van der Waals surface area contributed by atoms with Gasteiger partial charge < -0.3 is 9.47 Å². The molecule has 2 aromatic rings. The number of rotatable bonds is 10. The van der Waals surface area contributed by atoms with Crippen molar-refractivity contribution < 1.29 is 35.9 Å². The average molecular weight is 605 g/mol. The summed E-state index contributed by atoms with van der Waals surface area (Å²) in [6.45, 7) is 8.15. The smallest absolute Gasteiger partial charge is 0.353 e. The largest absolute Gasteiger partial charge is 0.416 e. The Morgan fingerprint density at radius 1 is 1.23 bits per heavy atom. The second-order valence-electron chi connectivity index (χ2n) is 10.7. The van der Waals surface area contributed by atoms with Crippen molar-refractivity contribution in [2.24, 2.45) is 5.41 Å². The first kappa shape index (κ1) is 32.3. The van der Waals surface area contributed by atoms with Crippen LogP contribution in [0.5, 0.6) is 0 Å². The molecule has 1 fully saturated rings. The number of carbonyl (C=O) groups excluding carboxylic acids is 1. The number of ether oxygens (including phenoxy) is 2. The van der Waals surface area contributed by atoms with Gasteiger partial charge in [0, 0.05) is 31.4 Å². The molecule has 3 rings (SSSR count). The number of alkyl halides is 3. The van der Waals surface area contributed by atoms with Crippen molar-refractivity contribution >= 4 is 33.2 Å². The van der Waals surface area contributed by atoms with Crippen LogP contribution in [0.4, 0.5) is 19.0 Å². The summed E-state index contributed by atoms with van der Waals surface area (Å²) in [7, 11) is -4.30. The highest BCUT2D eigenvalue weighted by Gasteiger charge is 2.35. The molecule has 1 aromatic heterocycles. The maximum absolute atomic E-state index is 13.8. The zero-order chi connectivity index (χ0) is 29.7. The van der Waals surface area contributed by atoms with Crippen molar-refractivity contribution in [1.82, 2.24) is 4.98 Å². The lowest BCUT2D eigenvalue weighted by Gasteiger charge is -2.29. The quantitative estimate of drug-likeness (QED) is 0.272. The molecule has 0 radical (unpaired) electrons. The number of aromatic nitrogens is 1. The third-order valence-corrected chi connectivity index (χ3v) is 9.04. The highest BCUT2D eigenvalue weighted by molar-refractivity contribution is 7.91. The molecule has 1 aliphatic rings. The summed E-state index contributed by atoms with van der Waals surface area (Å²) in [6.07, 6.45) is -0.729. The summed E-state index contributed by atoms with van der Waals surface area (Å²) < 4.78 is 79.0. The van der Waals surface area contributed by atoms with Crippen LogP contribution < -0.4 is 4.90 Å². The Labute approximate surface area is 238 Å². The monoisotopic (exact) mass is 604 g/mol. The van der Waals surface area contributed by atoms with Crippen LogP contribution in [0.3, 0.4) is 0 Å². The second kappa shape index (κ2) is 13.2. The van der Waals surface area contributed by atoms with Crippen LogP contribution in [0.25, 0.3) is 0 Å². The molecule has 0 N–H and O–H groups in total. The average Bonchev–Trinajstić information content (AvgIpc) is 2.89. The lowest BCUT2D eigenvalue weighted by Crippen LogP contribution is -2.40. The molecule has 1 saturated heterocycles. The van der Waals surface area contributed by atoms with Crippen molar-refractivity contribution in [1.29, 1.82) is 0 Å². The maximum atomic E-state index is 13.8. The summed E-state index contributed by atoms with van der Waals surface area (Å²) in [6, 6.07) is 5.10. The Kier molecular flexibility index (Phi) is 10.6. The normalized spacial score (nSPS) is 17.4. The molecule has 2 heterocycles. The molecule has 2 unspecified atom stereocenters. The molecule has 40 heavy (non-hydrogen) atoms. The molecular weight excluding hydrogens is 569 g/mol. The summed E-state index contributed by atoms with van der Waals surface area (Å²) in [5.74, 6) is -0.0341. The van der Waals surface area contributed by atoms with Gasteiger partial charge in [0.1, 0.15) is 0 Å². The number of hydrogen-bond donors (Lipinski definition) is 0. The van der Waals surface area contributed by atoms with Crippen LogP contribution in [0.1, 0.15) is 76.2 Å². The number of hydrogen-bond acceptors (Lipinski definition) is 6. The van der Waals surface area contributed by atoms with E-state index < -0.39 is 37.1 Å². The number of sulfone groups is 1. The lowest BCUT2D eigenvalue weighted by atomic mass is 9.94. The van der Waals surface area contributed by atoms with Crippen molar-refractivity contribution in [3.63, 3.8) is 0 Å². The Bertz CT molecular complexity index is 1280. The number of amides is 1.